The van der Waals surface area contributed by atoms with E-state index >= 15 is 0 Å². The summed E-state index contributed by atoms with van der Waals surface area (Å²) in [5.74, 6) is 0. The van der Waals surface area contributed by atoms with E-state index in [1.807, 2.05) is 0 Å². The van der Waals surface area contributed by atoms with Crippen molar-refractivity contribution < 1.29 is 0 Å². The predicted octanol–water partition coefficient (Wildman–Crippen LogP) is 2.25. The second-order valence-corrected chi connectivity index (χ2v) is 5.48. The number of rotatable bonds is 7. The highest BCUT2D eigenvalue weighted by atomic mass is 15.1. The lowest BCUT2D eigenvalue weighted by atomic mass is 10.0. The zero-order chi connectivity index (χ0) is 10.6. The smallest absolute Gasteiger partial charge is 0.0107 e. The van der Waals surface area contributed by atoms with Crippen molar-refractivity contribution in [2.24, 2.45) is 5.41 Å². The number of nitrogens with one attached hydrogen (secondary N) is 1. The molecule has 0 bridgehead atoms. The minimum absolute atomic E-state index is 0.722. The molecular weight excluding hydrogens is 184 g/mol. The highest BCUT2D eigenvalue weighted by molar-refractivity contribution is 4.94. The van der Waals surface area contributed by atoms with Gasteiger partial charge in [-0.1, -0.05) is 13.3 Å². The van der Waals surface area contributed by atoms with Gasteiger partial charge in [0.15, 0.2) is 0 Å². The van der Waals surface area contributed by atoms with Gasteiger partial charge in [-0.2, -0.15) is 0 Å². The maximum atomic E-state index is 3.66. The quantitative estimate of drug-likeness (QED) is 0.648. The molecule has 0 spiro atoms. The molecule has 2 aliphatic rings. The molecule has 0 aromatic heterocycles. The summed E-state index contributed by atoms with van der Waals surface area (Å²) in [5.41, 5.74) is 0.722. The third-order valence-electron chi connectivity index (χ3n) is 4.04. The molecule has 2 nitrogen and oxygen atoms in total. The number of likely N-dealkylation sites (tertiary alicyclic amines) is 1. The van der Waals surface area contributed by atoms with Crippen molar-refractivity contribution in [1.29, 1.82) is 0 Å². The molecule has 1 saturated heterocycles. The van der Waals surface area contributed by atoms with Crippen molar-refractivity contribution in [2.45, 2.75) is 45.4 Å². The Morgan fingerprint density at radius 1 is 1.20 bits per heavy atom. The Bertz CT molecular complexity index is 181. The van der Waals surface area contributed by atoms with Gasteiger partial charge in [-0.05, 0) is 50.6 Å². The minimum Gasteiger partial charge on any atom is -0.315 e. The van der Waals surface area contributed by atoms with Gasteiger partial charge in [0.2, 0.25) is 0 Å². The molecular formula is C13H26N2. The molecule has 1 saturated carbocycles. The second kappa shape index (κ2) is 5.31. The maximum Gasteiger partial charge on any atom is 0.0107 e. The summed E-state index contributed by atoms with van der Waals surface area (Å²) in [5, 5.41) is 3.66. The molecule has 0 atom stereocenters. The van der Waals surface area contributed by atoms with E-state index in [0.29, 0.717) is 0 Å². The first kappa shape index (κ1) is 11.4. The lowest BCUT2D eigenvalue weighted by Crippen LogP contribution is -2.33. The highest BCUT2D eigenvalue weighted by Gasteiger charge is 2.40. The van der Waals surface area contributed by atoms with Gasteiger partial charge in [-0.3, -0.25) is 0 Å². The molecule has 0 amide bonds. The Hall–Kier alpha value is -0.0800. The Balaban J connectivity index is 1.51. The Morgan fingerprint density at radius 3 is 2.53 bits per heavy atom. The molecule has 0 aromatic carbocycles. The molecule has 0 aromatic rings. The molecule has 2 fully saturated rings. The van der Waals surface area contributed by atoms with Crippen molar-refractivity contribution in [3.63, 3.8) is 0 Å². The normalized spacial score (nSPS) is 24.6. The van der Waals surface area contributed by atoms with Crippen LogP contribution in [0, 0.1) is 5.41 Å². The molecule has 0 radical (unpaired) electrons. The third-order valence-corrected chi connectivity index (χ3v) is 4.04. The summed E-state index contributed by atoms with van der Waals surface area (Å²) in [6.45, 7) is 8.72. The minimum atomic E-state index is 0.722. The monoisotopic (exact) mass is 210 g/mol. The van der Waals surface area contributed by atoms with Crippen LogP contribution in [0.4, 0.5) is 0 Å². The van der Waals surface area contributed by atoms with Crippen LogP contribution in [0.3, 0.4) is 0 Å². The van der Waals surface area contributed by atoms with Crippen molar-refractivity contribution in [3.05, 3.63) is 0 Å². The number of nitrogens with zero attached hydrogens (tertiary/aromatic N) is 1. The van der Waals surface area contributed by atoms with Crippen molar-refractivity contribution in [3.8, 4) is 0 Å². The summed E-state index contributed by atoms with van der Waals surface area (Å²) in [4.78, 5) is 2.59. The molecule has 2 rings (SSSR count). The van der Waals surface area contributed by atoms with Gasteiger partial charge in [0.05, 0.1) is 0 Å². The first-order valence-corrected chi connectivity index (χ1v) is 6.78. The fraction of sp³-hybridized carbons (Fsp3) is 1.00. The van der Waals surface area contributed by atoms with Crippen molar-refractivity contribution in [2.75, 3.05) is 32.7 Å². The fourth-order valence-electron chi connectivity index (χ4n) is 2.82. The molecule has 2 heteroatoms. The van der Waals surface area contributed by atoms with E-state index < -0.39 is 0 Å². The number of hydrogen-bond donors (Lipinski definition) is 1. The van der Waals surface area contributed by atoms with Gasteiger partial charge in [-0.15, -0.1) is 0 Å². The van der Waals surface area contributed by atoms with E-state index in [1.165, 1.54) is 71.2 Å². The van der Waals surface area contributed by atoms with Gasteiger partial charge < -0.3 is 10.2 Å². The van der Waals surface area contributed by atoms with Gasteiger partial charge >= 0.3 is 0 Å². The van der Waals surface area contributed by atoms with E-state index in [0.717, 1.165) is 5.41 Å². The lowest BCUT2D eigenvalue weighted by molar-refractivity contribution is 0.324. The molecule has 1 aliphatic carbocycles. The van der Waals surface area contributed by atoms with Crippen molar-refractivity contribution >= 4 is 0 Å². The summed E-state index contributed by atoms with van der Waals surface area (Å²) in [7, 11) is 0. The van der Waals surface area contributed by atoms with E-state index in [2.05, 4.69) is 17.1 Å². The Labute approximate surface area is 94.4 Å². The fourth-order valence-corrected chi connectivity index (χ4v) is 2.82. The topological polar surface area (TPSA) is 15.3 Å². The summed E-state index contributed by atoms with van der Waals surface area (Å²) >= 11 is 0. The van der Waals surface area contributed by atoms with Crippen LogP contribution >= 0.6 is 0 Å². The molecule has 0 unspecified atom stereocenters. The Kier molecular flexibility index (Phi) is 4.04. The maximum absolute atomic E-state index is 3.66. The average molecular weight is 210 g/mol. The van der Waals surface area contributed by atoms with Crippen LogP contribution in [0.15, 0.2) is 0 Å². The van der Waals surface area contributed by atoms with Crippen LogP contribution < -0.4 is 5.32 Å². The van der Waals surface area contributed by atoms with Crippen LogP contribution in [-0.4, -0.2) is 37.6 Å². The highest BCUT2D eigenvalue weighted by Crippen LogP contribution is 2.48. The van der Waals surface area contributed by atoms with Crippen LogP contribution in [0.25, 0.3) is 0 Å². The molecule has 1 aliphatic heterocycles. The van der Waals surface area contributed by atoms with E-state index in [4.69, 9.17) is 0 Å². The molecule has 1 heterocycles. The van der Waals surface area contributed by atoms with Crippen LogP contribution in [0.5, 0.6) is 0 Å². The standard InChI is InChI=1S/C13H26N2/c1-2-5-13(6-7-13)12-14-8-11-15-9-3-4-10-15/h14H,2-12H2,1H3. The zero-order valence-corrected chi connectivity index (χ0v) is 10.2. The molecule has 15 heavy (non-hydrogen) atoms. The number of hydrogen-bond acceptors (Lipinski definition) is 2. The average Bonchev–Trinajstić information content (AvgIpc) is 2.80. The lowest BCUT2D eigenvalue weighted by Gasteiger charge is -2.18. The summed E-state index contributed by atoms with van der Waals surface area (Å²) in [6.07, 6.45) is 8.56. The SMILES string of the molecule is CCCC1(CNCCN2CCCC2)CC1. The van der Waals surface area contributed by atoms with Gasteiger partial charge in [-0.25, -0.2) is 0 Å². The summed E-state index contributed by atoms with van der Waals surface area (Å²) in [6, 6.07) is 0. The van der Waals surface area contributed by atoms with Crippen LogP contribution in [0.1, 0.15) is 45.4 Å². The van der Waals surface area contributed by atoms with Crippen molar-refractivity contribution in [1.82, 2.24) is 10.2 Å². The largest absolute Gasteiger partial charge is 0.315 e. The Morgan fingerprint density at radius 2 is 1.93 bits per heavy atom. The molecule has 88 valence electrons. The van der Waals surface area contributed by atoms with Crippen LogP contribution in [0.2, 0.25) is 0 Å². The van der Waals surface area contributed by atoms with E-state index in [1.54, 1.807) is 0 Å². The van der Waals surface area contributed by atoms with E-state index in [9.17, 15) is 0 Å². The second-order valence-electron chi connectivity index (χ2n) is 5.48. The van der Waals surface area contributed by atoms with Crippen LogP contribution in [-0.2, 0) is 0 Å². The predicted molar refractivity (Wildman–Crippen MR) is 65.1 cm³/mol. The summed E-state index contributed by atoms with van der Waals surface area (Å²) < 4.78 is 0. The van der Waals surface area contributed by atoms with E-state index in [-0.39, 0.29) is 0 Å². The first-order chi connectivity index (χ1) is 7.35. The van der Waals surface area contributed by atoms with Gasteiger partial charge in [0, 0.05) is 19.6 Å². The first-order valence-electron chi connectivity index (χ1n) is 6.78. The molecule has 1 N–H and O–H groups in total. The van der Waals surface area contributed by atoms with Gasteiger partial charge in [0.25, 0.3) is 0 Å². The zero-order valence-electron chi connectivity index (χ0n) is 10.2. The van der Waals surface area contributed by atoms with Gasteiger partial charge in [0.1, 0.15) is 0 Å². The third kappa shape index (κ3) is 3.46.